The van der Waals surface area contributed by atoms with Crippen LogP contribution in [0.25, 0.3) is 0 Å². The molecule has 0 spiro atoms. The number of nitrogens with zero attached hydrogens (tertiary/aromatic N) is 2. The Labute approximate surface area is 99.6 Å². The van der Waals surface area contributed by atoms with E-state index in [1.807, 2.05) is 5.43 Å². The quantitative estimate of drug-likeness (QED) is 0.499. The Balaban J connectivity index is 3.12. The molecule has 1 rings (SSSR count). The van der Waals surface area contributed by atoms with Crippen molar-refractivity contribution in [3.63, 3.8) is 0 Å². The third-order valence-electron chi connectivity index (χ3n) is 2.09. The Morgan fingerprint density at radius 3 is 2.44 bits per heavy atom. The Hall–Kier alpha value is -1.64. The number of anilines is 2. The topological polar surface area (TPSA) is 54.2 Å². The van der Waals surface area contributed by atoms with E-state index in [9.17, 15) is 22.0 Å². The van der Waals surface area contributed by atoms with Crippen LogP contribution in [0, 0.1) is 0 Å². The molecule has 4 nitrogen and oxygen atoms in total. The lowest BCUT2D eigenvalue weighted by atomic mass is 10.2. The summed E-state index contributed by atoms with van der Waals surface area (Å²) in [7, 11) is 1.22. The van der Waals surface area contributed by atoms with E-state index in [1.165, 1.54) is 7.05 Å². The number of halogens is 5. The summed E-state index contributed by atoms with van der Waals surface area (Å²) in [5.41, 5.74) is 0.950. The van der Waals surface area contributed by atoms with Crippen molar-refractivity contribution in [3.8, 4) is 0 Å². The average Bonchev–Trinajstić information content (AvgIpc) is 2.26. The molecule has 0 saturated carbocycles. The Morgan fingerprint density at radius 1 is 1.39 bits per heavy atom. The lowest BCUT2D eigenvalue weighted by Gasteiger charge is -2.19. The molecule has 0 saturated heterocycles. The molecule has 102 valence electrons. The highest BCUT2D eigenvalue weighted by molar-refractivity contribution is 5.50. The van der Waals surface area contributed by atoms with E-state index in [0.29, 0.717) is 12.1 Å². The number of aromatic nitrogens is 1. The molecule has 0 aliphatic heterocycles. The van der Waals surface area contributed by atoms with Crippen molar-refractivity contribution in [1.82, 2.24) is 4.98 Å². The number of hydrazine groups is 1. The van der Waals surface area contributed by atoms with Gasteiger partial charge < -0.3 is 10.3 Å². The minimum absolute atomic E-state index is 0.238. The molecule has 0 aliphatic carbocycles. The zero-order chi connectivity index (χ0) is 13.9. The maximum absolute atomic E-state index is 12.5. The van der Waals surface area contributed by atoms with Crippen molar-refractivity contribution in [3.05, 3.63) is 17.7 Å². The first kappa shape index (κ1) is 14.4. The van der Waals surface area contributed by atoms with Gasteiger partial charge >= 0.3 is 6.18 Å². The number of nitrogens with two attached hydrogens (primary N) is 1. The van der Waals surface area contributed by atoms with E-state index in [0.717, 1.165) is 4.90 Å². The molecule has 0 aliphatic rings. The maximum atomic E-state index is 12.5. The summed E-state index contributed by atoms with van der Waals surface area (Å²) in [6.07, 6.45) is -7.28. The van der Waals surface area contributed by atoms with E-state index >= 15 is 0 Å². The zero-order valence-corrected chi connectivity index (χ0v) is 9.30. The lowest BCUT2D eigenvalue weighted by Crippen LogP contribution is -2.26. The molecule has 18 heavy (non-hydrogen) atoms. The summed E-state index contributed by atoms with van der Waals surface area (Å²) in [4.78, 5) is 4.59. The SMILES string of the molecule is CN(CC(F)F)c1cc(C(F)(F)F)cc(NN)n1. The largest absolute Gasteiger partial charge is 0.416 e. The first-order valence-electron chi connectivity index (χ1n) is 4.79. The average molecular weight is 270 g/mol. The fourth-order valence-electron chi connectivity index (χ4n) is 1.25. The van der Waals surface area contributed by atoms with Gasteiger partial charge in [0.15, 0.2) is 0 Å². The van der Waals surface area contributed by atoms with Gasteiger partial charge in [0.2, 0.25) is 0 Å². The molecule has 0 atom stereocenters. The number of nitrogens with one attached hydrogen (secondary N) is 1. The first-order valence-corrected chi connectivity index (χ1v) is 4.79. The summed E-state index contributed by atoms with van der Waals surface area (Å²) in [5.74, 6) is 4.50. The second kappa shape index (κ2) is 5.34. The first-order chi connectivity index (χ1) is 8.24. The number of nitrogen functional groups attached to an aromatic ring is 1. The third kappa shape index (κ3) is 3.69. The standard InChI is InChI=1S/C9H11F5N4/c1-18(4-6(10)11)8-3-5(9(12,13)14)2-7(16-8)17-15/h2-3,6H,4,15H2,1H3,(H,16,17). The van der Waals surface area contributed by atoms with E-state index in [1.54, 1.807) is 0 Å². The van der Waals surface area contributed by atoms with Crippen LogP contribution in [-0.4, -0.2) is 25.0 Å². The van der Waals surface area contributed by atoms with E-state index < -0.39 is 24.7 Å². The van der Waals surface area contributed by atoms with Gasteiger partial charge in [0, 0.05) is 7.05 Å². The zero-order valence-electron chi connectivity index (χ0n) is 9.30. The molecular weight excluding hydrogens is 259 g/mol. The molecule has 3 N–H and O–H groups in total. The van der Waals surface area contributed by atoms with Crippen molar-refractivity contribution in [1.29, 1.82) is 0 Å². The monoisotopic (exact) mass is 270 g/mol. The van der Waals surface area contributed by atoms with Crippen molar-refractivity contribution >= 4 is 11.6 Å². The van der Waals surface area contributed by atoms with Crippen LogP contribution in [0.3, 0.4) is 0 Å². The van der Waals surface area contributed by atoms with Gasteiger partial charge in [-0.25, -0.2) is 19.6 Å². The van der Waals surface area contributed by atoms with E-state index in [-0.39, 0.29) is 11.6 Å². The van der Waals surface area contributed by atoms with Crippen LogP contribution < -0.4 is 16.2 Å². The maximum Gasteiger partial charge on any atom is 0.416 e. The fourth-order valence-corrected chi connectivity index (χ4v) is 1.25. The second-order valence-electron chi connectivity index (χ2n) is 3.51. The predicted octanol–water partition coefficient (Wildman–Crippen LogP) is 2.09. The van der Waals surface area contributed by atoms with E-state index in [2.05, 4.69) is 4.98 Å². The van der Waals surface area contributed by atoms with Gasteiger partial charge in [-0.15, -0.1) is 0 Å². The van der Waals surface area contributed by atoms with Gasteiger partial charge in [-0.05, 0) is 12.1 Å². The molecule has 0 fully saturated rings. The summed E-state index contributed by atoms with van der Waals surface area (Å²) >= 11 is 0. The number of hydrogen-bond acceptors (Lipinski definition) is 4. The van der Waals surface area contributed by atoms with Gasteiger partial charge in [0.05, 0.1) is 12.1 Å². The van der Waals surface area contributed by atoms with Gasteiger partial charge in [-0.3, -0.25) is 0 Å². The van der Waals surface area contributed by atoms with Crippen molar-refractivity contribution < 1.29 is 22.0 Å². The van der Waals surface area contributed by atoms with Crippen LogP contribution in [0.5, 0.6) is 0 Å². The highest BCUT2D eigenvalue weighted by Crippen LogP contribution is 2.32. The van der Waals surface area contributed by atoms with Crippen LogP contribution in [0.15, 0.2) is 12.1 Å². The molecule has 0 unspecified atom stereocenters. The summed E-state index contributed by atoms with van der Waals surface area (Å²) in [6, 6.07) is 1.38. The highest BCUT2D eigenvalue weighted by Gasteiger charge is 2.32. The van der Waals surface area contributed by atoms with Crippen molar-refractivity contribution in [2.75, 3.05) is 23.9 Å². The molecular formula is C9H11F5N4. The summed E-state index contributed by atoms with van der Waals surface area (Å²) in [6.45, 7) is -0.724. The van der Waals surface area contributed by atoms with Crippen LogP contribution in [0.4, 0.5) is 33.6 Å². The Kier molecular flexibility index (Phi) is 4.28. The third-order valence-corrected chi connectivity index (χ3v) is 2.09. The number of alkyl halides is 5. The minimum atomic E-state index is -4.60. The molecule has 0 aromatic carbocycles. The van der Waals surface area contributed by atoms with Crippen molar-refractivity contribution in [2.45, 2.75) is 12.6 Å². The fraction of sp³-hybridized carbons (Fsp3) is 0.444. The molecule has 1 aromatic heterocycles. The molecule has 0 amide bonds. The van der Waals surface area contributed by atoms with Gasteiger partial charge in [0.1, 0.15) is 11.6 Å². The molecule has 1 heterocycles. The second-order valence-corrected chi connectivity index (χ2v) is 3.51. The molecule has 1 aromatic rings. The van der Waals surface area contributed by atoms with Gasteiger partial charge in [0.25, 0.3) is 6.43 Å². The number of rotatable bonds is 4. The van der Waals surface area contributed by atoms with Crippen LogP contribution >= 0.6 is 0 Å². The Bertz CT molecular complexity index is 406. The summed E-state index contributed by atoms with van der Waals surface area (Å²) < 4.78 is 62.0. The molecule has 9 heteroatoms. The highest BCUT2D eigenvalue weighted by atomic mass is 19.4. The van der Waals surface area contributed by atoms with Gasteiger partial charge in [-0.2, -0.15) is 13.2 Å². The number of hydrogen-bond donors (Lipinski definition) is 2. The smallest absolute Gasteiger partial charge is 0.354 e. The van der Waals surface area contributed by atoms with Crippen LogP contribution in [0.2, 0.25) is 0 Å². The number of pyridine rings is 1. The Morgan fingerprint density at radius 2 is 2.00 bits per heavy atom. The summed E-state index contributed by atoms with van der Waals surface area (Å²) in [5, 5.41) is 0. The molecule has 0 bridgehead atoms. The van der Waals surface area contributed by atoms with Gasteiger partial charge in [-0.1, -0.05) is 0 Å². The lowest BCUT2D eigenvalue weighted by molar-refractivity contribution is -0.137. The van der Waals surface area contributed by atoms with Crippen LogP contribution in [0.1, 0.15) is 5.56 Å². The normalized spacial score (nSPS) is 11.8. The van der Waals surface area contributed by atoms with E-state index in [4.69, 9.17) is 5.84 Å². The van der Waals surface area contributed by atoms with Crippen LogP contribution in [-0.2, 0) is 6.18 Å². The minimum Gasteiger partial charge on any atom is -0.354 e. The van der Waals surface area contributed by atoms with Crippen molar-refractivity contribution in [2.24, 2.45) is 5.84 Å². The molecule has 0 radical (unpaired) electrons. The predicted molar refractivity (Wildman–Crippen MR) is 56.3 cm³/mol.